The molecule has 0 saturated heterocycles. The molecule has 0 nitrogen and oxygen atoms in total. The van der Waals surface area contributed by atoms with Crippen LogP contribution in [0.25, 0.3) is 0 Å². The van der Waals surface area contributed by atoms with E-state index < -0.39 is 0 Å². The predicted octanol–water partition coefficient (Wildman–Crippen LogP) is 13.9. The van der Waals surface area contributed by atoms with E-state index in [0.29, 0.717) is 17.8 Å². The van der Waals surface area contributed by atoms with Crippen molar-refractivity contribution in [3.63, 3.8) is 0 Å². The van der Waals surface area contributed by atoms with E-state index in [4.69, 9.17) is 20.8 Å². The van der Waals surface area contributed by atoms with E-state index in [2.05, 4.69) is 218 Å². The second-order valence-electron chi connectivity index (χ2n) is 18.3. The summed E-state index contributed by atoms with van der Waals surface area (Å²) in [4.78, 5) is 0. The minimum atomic E-state index is -0.265. The van der Waals surface area contributed by atoms with E-state index in [1.807, 2.05) is 0 Å². The maximum absolute atomic E-state index is 4.71. The number of hydrogen-bond acceptors (Lipinski definition) is 0. The Morgan fingerprint density at radius 1 is 0.219 bits per heavy atom. The number of hydrogen-bond donors (Lipinski definition) is 0. The molecule has 7 radical (unpaired) electrons. The summed E-state index contributed by atoms with van der Waals surface area (Å²) < 4.78 is 0. The van der Waals surface area contributed by atoms with Crippen molar-refractivity contribution in [3.05, 3.63) is 339 Å². The molecule has 9 aromatic rings. The van der Waals surface area contributed by atoms with Crippen molar-refractivity contribution in [3.8, 4) is 0 Å². The van der Waals surface area contributed by atoms with Crippen LogP contribution in [0, 0.1) is 20.8 Å². The molecule has 0 atom stereocenters. The normalized spacial score (nSPS) is 23.8. The molecule has 9 aromatic carbocycles. The molecule has 0 amide bonds. The molecule has 64 heavy (non-hydrogen) atoms. The van der Waals surface area contributed by atoms with Crippen LogP contribution in [-0.2, 0) is 16.2 Å². The van der Waals surface area contributed by atoms with Crippen molar-refractivity contribution in [2.24, 2.45) is 0 Å². The van der Waals surface area contributed by atoms with Gasteiger partial charge in [0.2, 0.25) is 0 Å². The van der Waals surface area contributed by atoms with E-state index in [0.717, 1.165) is 0 Å². The number of rotatable bonds is 0. The first kappa shape index (κ1) is 39.4. The van der Waals surface area contributed by atoms with Crippen LogP contribution < -0.4 is 0 Å². The molecule has 303 valence electrons. The summed E-state index contributed by atoms with van der Waals surface area (Å²) in [5, 5.41) is 0. The molecule has 0 unspecified atom stereocenters. The fourth-order valence-electron chi connectivity index (χ4n) is 13.1. The van der Waals surface area contributed by atoms with Gasteiger partial charge in [-0.15, -0.1) is 0 Å². The topological polar surface area (TPSA) is 0 Å². The van der Waals surface area contributed by atoms with E-state index in [1.165, 1.54) is 100 Å². The molecule has 0 spiro atoms. The SMILES string of the molecule is [CH2]C12c3ccccc3C(c3ccccc31)c1ccccc12.[CH2]C12c3ccccc3C(c3ccccc31)c1ccccc12.[CH2]C12c3ccccc3C(c3ccccc31)c1ccccc12.[HH].[Sn]. The van der Waals surface area contributed by atoms with Crippen molar-refractivity contribution < 1.29 is 1.43 Å². The van der Waals surface area contributed by atoms with E-state index >= 15 is 0 Å². The zero-order valence-electron chi connectivity index (χ0n) is 35.6. The van der Waals surface area contributed by atoms with Gasteiger partial charge in [-0.25, -0.2) is 0 Å². The zero-order valence-corrected chi connectivity index (χ0v) is 38.5. The van der Waals surface area contributed by atoms with E-state index in [9.17, 15) is 0 Å². The molecule has 0 aliphatic heterocycles. The molecule has 9 aliphatic carbocycles. The van der Waals surface area contributed by atoms with Crippen LogP contribution in [0.1, 0.15) is 119 Å². The molecule has 6 bridgehead atoms. The quantitative estimate of drug-likeness (QED) is 0.133. The fourth-order valence-corrected chi connectivity index (χ4v) is 13.1. The largest absolute Gasteiger partial charge is 0.0619 e. The van der Waals surface area contributed by atoms with Crippen molar-refractivity contribution in [1.82, 2.24) is 0 Å². The molecule has 0 heterocycles. The third-order valence-corrected chi connectivity index (χ3v) is 15.6. The Hall–Kier alpha value is -6.22. The molecule has 0 fully saturated rings. The first-order chi connectivity index (χ1) is 30.9. The fraction of sp³-hybridized carbons (Fsp3) is 0.0952. The summed E-state index contributed by atoms with van der Waals surface area (Å²) >= 11 is 0. The van der Waals surface area contributed by atoms with Crippen LogP contribution in [0.15, 0.2) is 218 Å². The van der Waals surface area contributed by atoms with Crippen molar-refractivity contribution in [1.29, 1.82) is 0 Å². The molecule has 0 saturated carbocycles. The summed E-state index contributed by atoms with van der Waals surface area (Å²) in [7, 11) is 0. The van der Waals surface area contributed by atoms with Gasteiger partial charge in [0, 0.05) is 59.3 Å². The van der Waals surface area contributed by atoms with Crippen LogP contribution in [0.5, 0.6) is 0 Å². The van der Waals surface area contributed by atoms with E-state index in [1.54, 1.807) is 0 Å². The third kappa shape index (κ3) is 5.01. The van der Waals surface area contributed by atoms with Gasteiger partial charge in [0.15, 0.2) is 0 Å². The van der Waals surface area contributed by atoms with Gasteiger partial charge in [0.05, 0.1) is 0 Å². The van der Waals surface area contributed by atoms with Gasteiger partial charge in [-0.2, -0.15) is 0 Å². The van der Waals surface area contributed by atoms with Crippen LogP contribution in [0.4, 0.5) is 0 Å². The molecular weight excluding hydrogens is 875 g/mol. The minimum Gasteiger partial charge on any atom is -0.0619 e. The molecule has 0 aromatic heterocycles. The van der Waals surface area contributed by atoms with Crippen LogP contribution in [0.3, 0.4) is 0 Å². The summed E-state index contributed by atoms with van der Waals surface area (Å²) in [5.74, 6) is 1.08. The first-order valence-corrected chi connectivity index (χ1v) is 22.4. The Morgan fingerprint density at radius 3 is 0.453 bits per heavy atom. The van der Waals surface area contributed by atoms with Gasteiger partial charge in [-0.3, -0.25) is 0 Å². The molecule has 1 heteroatoms. The van der Waals surface area contributed by atoms with Gasteiger partial charge < -0.3 is 0 Å². The van der Waals surface area contributed by atoms with Crippen LogP contribution in [0.2, 0.25) is 0 Å². The summed E-state index contributed by atoms with van der Waals surface area (Å²) in [6.45, 7) is 14.1. The van der Waals surface area contributed by atoms with Gasteiger partial charge in [-0.05, 0) is 121 Å². The third-order valence-electron chi connectivity index (χ3n) is 15.6. The Labute approximate surface area is 396 Å². The standard InChI is InChI=1S/3C21H15.Sn.H2/c3*1-21-17-11-5-2-8-14(17)20(15-9-3-6-12-18(15)21)16-10-4-7-13-19(16)21;;/h3*2-13,20H,1H2;;1H. The molecule has 18 rings (SSSR count). The van der Waals surface area contributed by atoms with Gasteiger partial charge in [-0.1, -0.05) is 218 Å². The Bertz CT molecular complexity index is 2640. The van der Waals surface area contributed by atoms with Gasteiger partial charge in [0.1, 0.15) is 0 Å². The second kappa shape index (κ2) is 14.4. The average molecular weight is 923 g/mol. The van der Waals surface area contributed by atoms with Crippen LogP contribution >= 0.6 is 0 Å². The van der Waals surface area contributed by atoms with Crippen molar-refractivity contribution >= 4 is 23.9 Å². The maximum Gasteiger partial charge on any atom is 0.0461 e. The smallest absolute Gasteiger partial charge is 0.0461 e. The Morgan fingerprint density at radius 2 is 0.328 bits per heavy atom. The van der Waals surface area contributed by atoms with Crippen molar-refractivity contribution in [2.75, 3.05) is 0 Å². The predicted molar refractivity (Wildman–Crippen MR) is 264 cm³/mol. The molecular formula is C63H47Sn. The number of benzene rings is 9. The maximum atomic E-state index is 4.71. The van der Waals surface area contributed by atoms with Crippen LogP contribution in [-0.4, -0.2) is 23.9 Å². The monoisotopic (exact) mass is 923 g/mol. The summed E-state index contributed by atoms with van der Waals surface area (Å²) in [6.07, 6.45) is 0. The van der Waals surface area contributed by atoms with Crippen molar-refractivity contribution in [2.45, 2.75) is 34.0 Å². The minimum absolute atomic E-state index is 0. The Kier molecular flexibility index (Phi) is 8.86. The summed E-state index contributed by atoms with van der Waals surface area (Å²) in [6, 6.07) is 79.2. The van der Waals surface area contributed by atoms with E-state index in [-0.39, 0.29) is 41.6 Å². The molecule has 0 N–H and O–H groups in total. The average Bonchev–Trinajstić information content (AvgIpc) is 3.35. The second-order valence-corrected chi connectivity index (χ2v) is 18.3. The molecule has 9 aliphatic rings. The first-order valence-electron chi connectivity index (χ1n) is 22.4. The van der Waals surface area contributed by atoms with Gasteiger partial charge in [0.25, 0.3) is 0 Å². The van der Waals surface area contributed by atoms with Gasteiger partial charge >= 0.3 is 0 Å². The Balaban J connectivity index is 0.000000107. The zero-order chi connectivity index (χ0) is 42.1. The summed E-state index contributed by atoms with van der Waals surface area (Å²) in [5.41, 5.74) is 24.3.